The summed E-state index contributed by atoms with van der Waals surface area (Å²) in [5.74, 6) is 1.44. The number of aliphatic hydroxyl groups excluding tert-OH is 1. The summed E-state index contributed by atoms with van der Waals surface area (Å²) in [6.45, 7) is 10.3. The van der Waals surface area contributed by atoms with Crippen molar-refractivity contribution in [2.24, 2.45) is 4.99 Å². The van der Waals surface area contributed by atoms with Gasteiger partial charge in [-0.05, 0) is 45.5 Å². The molecular formula is C20H34N4O3. The number of hydrogen-bond donors (Lipinski definition) is 3. The van der Waals surface area contributed by atoms with Gasteiger partial charge < -0.3 is 30.1 Å². The molecule has 0 saturated carbocycles. The van der Waals surface area contributed by atoms with E-state index < -0.39 is 6.10 Å². The molecule has 27 heavy (non-hydrogen) atoms. The molecule has 1 saturated heterocycles. The third-order valence-corrected chi connectivity index (χ3v) is 4.22. The van der Waals surface area contributed by atoms with Gasteiger partial charge in [0.25, 0.3) is 0 Å². The molecular weight excluding hydrogens is 344 g/mol. The Bertz CT molecular complexity index is 594. The van der Waals surface area contributed by atoms with Crippen molar-refractivity contribution in [2.75, 3.05) is 46.4 Å². The van der Waals surface area contributed by atoms with Crippen LogP contribution in [0.5, 0.6) is 5.75 Å². The lowest BCUT2D eigenvalue weighted by Gasteiger charge is -2.30. The maximum absolute atomic E-state index is 10.5. The van der Waals surface area contributed by atoms with E-state index in [0.717, 1.165) is 37.6 Å². The Morgan fingerprint density at radius 2 is 2.22 bits per heavy atom. The Morgan fingerprint density at radius 1 is 1.41 bits per heavy atom. The smallest absolute Gasteiger partial charge is 0.191 e. The molecule has 0 spiro atoms. The molecule has 1 heterocycles. The zero-order valence-corrected chi connectivity index (χ0v) is 16.9. The Labute approximate surface area is 162 Å². The van der Waals surface area contributed by atoms with Crippen molar-refractivity contribution >= 4 is 5.96 Å². The summed E-state index contributed by atoms with van der Waals surface area (Å²) in [6, 6.07) is 7.54. The van der Waals surface area contributed by atoms with Gasteiger partial charge in [0, 0.05) is 26.2 Å². The van der Waals surface area contributed by atoms with E-state index in [1.54, 1.807) is 0 Å². The summed E-state index contributed by atoms with van der Waals surface area (Å²) in [7, 11) is 2.10. The third kappa shape index (κ3) is 7.74. The molecule has 0 aromatic heterocycles. The molecule has 1 fully saturated rings. The average Bonchev–Trinajstić information content (AvgIpc) is 2.63. The number of nitrogens with zero attached hydrogens (tertiary/aromatic N) is 2. The summed E-state index contributed by atoms with van der Waals surface area (Å²) in [6.07, 6.45) is -0.448. The lowest BCUT2D eigenvalue weighted by Crippen LogP contribution is -2.48. The van der Waals surface area contributed by atoms with Gasteiger partial charge in [0.05, 0.1) is 31.5 Å². The van der Waals surface area contributed by atoms with E-state index in [0.29, 0.717) is 12.5 Å². The highest BCUT2D eigenvalue weighted by Crippen LogP contribution is 2.20. The van der Waals surface area contributed by atoms with E-state index in [1.807, 2.05) is 45.0 Å². The Kier molecular flexibility index (Phi) is 8.84. The number of rotatable bonds is 8. The largest absolute Gasteiger partial charge is 0.491 e. The van der Waals surface area contributed by atoms with Crippen molar-refractivity contribution in [3.05, 3.63) is 29.8 Å². The third-order valence-electron chi connectivity index (χ3n) is 4.22. The van der Waals surface area contributed by atoms with Crippen molar-refractivity contribution < 1.29 is 14.6 Å². The first-order chi connectivity index (χ1) is 13.0. The highest BCUT2D eigenvalue weighted by atomic mass is 16.5. The fraction of sp³-hybridized carbons (Fsp3) is 0.650. The standard InChI is InChI=1S/C20H34N4O3/c1-5-21-20(22-12-18-14-24(4)9-10-26-18)23-13-19(25)16-7-6-8-17(11-16)27-15(2)3/h6-8,11,15,18-19,25H,5,9-10,12-14H2,1-4H3,(H2,21,22,23). The normalized spacial score (nSPS) is 19.8. The summed E-state index contributed by atoms with van der Waals surface area (Å²) in [4.78, 5) is 6.78. The highest BCUT2D eigenvalue weighted by Gasteiger charge is 2.18. The minimum absolute atomic E-state index is 0.0982. The Morgan fingerprint density at radius 3 is 2.93 bits per heavy atom. The van der Waals surface area contributed by atoms with Crippen LogP contribution in [0, 0.1) is 0 Å². The number of morpholine rings is 1. The van der Waals surface area contributed by atoms with Gasteiger partial charge in [-0.3, -0.25) is 4.99 Å². The molecule has 0 radical (unpaired) electrons. The van der Waals surface area contributed by atoms with Crippen molar-refractivity contribution in [2.45, 2.75) is 39.1 Å². The van der Waals surface area contributed by atoms with Gasteiger partial charge in [0.2, 0.25) is 0 Å². The molecule has 2 atom stereocenters. The van der Waals surface area contributed by atoms with Gasteiger partial charge in [0.15, 0.2) is 5.96 Å². The molecule has 0 bridgehead atoms. The fourth-order valence-electron chi connectivity index (χ4n) is 2.89. The van der Waals surface area contributed by atoms with Crippen molar-refractivity contribution in [3.8, 4) is 5.75 Å². The summed E-state index contributed by atoms with van der Waals surface area (Å²) >= 11 is 0. The summed E-state index contributed by atoms with van der Waals surface area (Å²) in [5.41, 5.74) is 0.796. The Hall–Kier alpha value is -1.83. The molecule has 2 rings (SSSR count). The van der Waals surface area contributed by atoms with Gasteiger partial charge in [0.1, 0.15) is 5.75 Å². The quantitative estimate of drug-likeness (QED) is 0.469. The van der Waals surface area contributed by atoms with Crippen LogP contribution in [0.2, 0.25) is 0 Å². The van der Waals surface area contributed by atoms with Crippen molar-refractivity contribution in [1.29, 1.82) is 0 Å². The molecule has 152 valence electrons. The monoisotopic (exact) mass is 378 g/mol. The number of likely N-dealkylation sites (N-methyl/N-ethyl adjacent to an activating group) is 1. The lowest BCUT2D eigenvalue weighted by atomic mass is 10.1. The van der Waals surface area contributed by atoms with Gasteiger partial charge in [-0.15, -0.1) is 0 Å². The number of nitrogens with one attached hydrogen (secondary N) is 2. The molecule has 1 aromatic rings. The number of aliphatic imine (C=N–C) groups is 1. The first kappa shape index (κ1) is 21.5. The Balaban J connectivity index is 1.90. The maximum atomic E-state index is 10.5. The van der Waals surface area contributed by atoms with Gasteiger partial charge in [-0.2, -0.15) is 0 Å². The van der Waals surface area contributed by atoms with Crippen LogP contribution in [0.4, 0.5) is 0 Å². The molecule has 2 unspecified atom stereocenters. The number of guanidine groups is 1. The molecule has 1 aromatic carbocycles. The van der Waals surface area contributed by atoms with Crippen LogP contribution < -0.4 is 15.4 Å². The highest BCUT2D eigenvalue weighted by molar-refractivity contribution is 5.79. The second-order valence-corrected chi connectivity index (χ2v) is 7.11. The lowest BCUT2D eigenvalue weighted by molar-refractivity contribution is -0.0161. The number of hydrogen-bond acceptors (Lipinski definition) is 5. The van der Waals surface area contributed by atoms with Crippen LogP contribution in [-0.4, -0.2) is 74.6 Å². The fourth-order valence-corrected chi connectivity index (χ4v) is 2.89. The van der Waals surface area contributed by atoms with Crippen LogP contribution in [-0.2, 0) is 4.74 Å². The summed E-state index contributed by atoms with van der Waals surface area (Å²) < 4.78 is 11.5. The number of benzene rings is 1. The average molecular weight is 379 g/mol. The van der Waals surface area contributed by atoms with Gasteiger partial charge in [-0.1, -0.05) is 12.1 Å². The number of aliphatic hydroxyl groups is 1. The molecule has 0 amide bonds. The van der Waals surface area contributed by atoms with Crippen molar-refractivity contribution in [3.63, 3.8) is 0 Å². The van der Waals surface area contributed by atoms with Crippen LogP contribution in [0.1, 0.15) is 32.4 Å². The molecule has 1 aliphatic rings. The van der Waals surface area contributed by atoms with E-state index in [9.17, 15) is 5.11 Å². The van der Waals surface area contributed by atoms with E-state index in [4.69, 9.17) is 9.47 Å². The SMILES string of the molecule is CCNC(=NCC(O)c1cccc(OC(C)C)c1)NCC1CN(C)CCO1. The van der Waals surface area contributed by atoms with Crippen LogP contribution in [0.15, 0.2) is 29.3 Å². The zero-order valence-electron chi connectivity index (χ0n) is 16.9. The predicted molar refractivity (Wildman–Crippen MR) is 108 cm³/mol. The summed E-state index contributed by atoms with van der Waals surface area (Å²) in [5, 5.41) is 17.0. The van der Waals surface area contributed by atoms with E-state index in [-0.39, 0.29) is 18.8 Å². The number of ether oxygens (including phenoxy) is 2. The first-order valence-electron chi connectivity index (χ1n) is 9.75. The van der Waals surface area contributed by atoms with E-state index in [2.05, 4.69) is 27.6 Å². The van der Waals surface area contributed by atoms with Gasteiger partial charge >= 0.3 is 0 Å². The second kappa shape index (κ2) is 11.1. The zero-order chi connectivity index (χ0) is 19.6. The predicted octanol–water partition coefficient (Wildman–Crippen LogP) is 1.39. The molecule has 1 aliphatic heterocycles. The minimum atomic E-state index is -0.687. The van der Waals surface area contributed by atoms with Crippen LogP contribution >= 0.6 is 0 Å². The van der Waals surface area contributed by atoms with E-state index in [1.165, 1.54) is 0 Å². The van der Waals surface area contributed by atoms with Crippen LogP contribution in [0.25, 0.3) is 0 Å². The molecule has 7 heteroatoms. The van der Waals surface area contributed by atoms with Crippen LogP contribution in [0.3, 0.4) is 0 Å². The van der Waals surface area contributed by atoms with Gasteiger partial charge in [-0.25, -0.2) is 0 Å². The molecule has 0 aliphatic carbocycles. The second-order valence-electron chi connectivity index (χ2n) is 7.11. The van der Waals surface area contributed by atoms with Crippen molar-refractivity contribution in [1.82, 2.24) is 15.5 Å². The first-order valence-corrected chi connectivity index (χ1v) is 9.75. The maximum Gasteiger partial charge on any atom is 0.191 e. The molecule has 7 nitrogen and oxygen atoms in total. The van der Waals surface area contributed by atoms with E-state index >= 15 is 0 Å². The minimum Gasteiger partial charge on any atom is -0.491 e. The molecule has 3 N–H and O–H groups in total. The topological polar surface area (TPSA) is 78.4 Å².